The molecule has 0 spiro atoms. The lowest BCUT2D eigenvalue weighted by atomic mass is 10.1. The van der Waals surface area contributed by atoms with Gasteiger partial charge in [0.2, 0.25) is 0 Å². The van der Waals surface area contributed by atoms with Crippen LogP contribution in [-0.4, -0.2) is 40.3 Å². The molecule has 5 heteroatoms. The van der Waals surface area contributed by atoms with Gasteiger partial charge in [0.1, 0.15) is 18.0 Å². The van der Waals surface area contributed by atoms with E-state index in [1.807, 2.05) is 13.0 Å². The summed E-state index contributed by atoms with van der Waals surface area (Å²) in [5, 5.41) is 13.2. The average Bonchev–Trinajstić information content (AvgIpc) is 2.67. The van der Waals surface area contributed by atoms with Crippen molar-refractivity contribution in [1.82, 2.24) is 9.97 Å². The number of nitrogens with zero attached hydrogens (tertiary/aromatic N) is 3. The Morgan fingerprint density at radius 2 is 2.35 bits per heavy atom. The van der Waals surface area contributed by atoms with Crippen molar-refractivity contribution in [3.8, 4) is 0 Å². The highest BCUT2D eigenvalue weighted by Crippen LogP contribution is 2.25. The molecule has 0 bridgehead atoms. The Hall–Kier alpha value is -1.36. The van der Waals surface area contributed by atoms with Gasteiger partial charge in [-0.05, 0) is 19.8 Å². The fraction of sp³-hybridized carbons (Fsp3) is 0.667. The van der Waals surface area contributed by atoms with Crippen molar-refractivity contribution < 1.29 is 5.11 Å². The number of nitrogens with one attached hydrogen (secondary N) is 1. The molecule has 2 rings (SSSR count). The minimum Gasteiger partial charge on any atom is -0.388 e. The number of hydrogen-bond donors (Lipinski definition) is 2. The van der Waals surface area contributed by atoms with Gasteiger partial charge in [0.15, 0.2) is 0 Å². The molecule has 1 aliphatic heterocycles. The van der Waals surface area contributed by atoms with E-state index in [-0.39, 0.29) is 0 Å². The van der Waals surface area contributed by atoms with Gasteiger partial charge in [0.05, 0.1) is 5.60 Å². The molecule has 0 aliphatic carbocycles. The summed E-state index contributed by atoms with van der Waals surface area (Å²) in [7, 11) is 0. The van der Waals surface area contributed by atoms with E-state index in [0.717, 1.165) is 37.6 Å². The van der Waals surface area contributed by atoms with Crippen LogP contribution in [0.5, 0.6) is 0 Å². The van der Waals surface area contributed by atoms with Crippen molar-refractivity contribution in [2.75, 3.05) is 29.9 Å². The zero-order valence-corrected chi connectivity index (χ0v) is 10.5. The molecule has 0 radical (unpaired) electrons. The fourth-order valence-electron chi connectivity index (χ4n) is 2.01. The molecule has 17 heavy (non-hydrogen) atoms. The molecule has 5 nitrogen and oxygen atoms in total. The van der Waals surface area contributed by atoms with Crippen LogP contribution < -0.4 is 10.2 Å². The molecule has 0 saturated carbocycles. The van der Waals surface area contributed by atoms with E-state index in [1.54, 1.807) is 6.33 Å². The van der Waals surface area contributed by atoms with Gasteiger partial charge in [-0.25, -0.2) is 9.97 Å². The van der Waals surface area contributed by atoms with Gasteiger partial charge in [0.25, 0.3) is 0 Å². The van der Waals surface area contributed by atoms with Crippen LogP contribution in [0.3, 0.4) is 0 Å². The zero-order chi connectivity index (χ0) is 12.3. The maximum Gasteiger partial charge on any atom is 0.134 e. The Morgan fingerprint density at radius 3 is 3.00 bits per heavy atom. The quantitative estimate of drug-likeness (QED) is 0.824. The van der Waals surface area contributed by atoms with Crippen LogP contribution in [0.25, 0.3) is 0 Å². The van der Waals surface area contributed by atoms with Gasteiger partial charge in [0, 0.05) is 25.7 Å². The minimum absolute atomic E-state index is 0.595. The second-order valence-electron chi connectivity index (χ2n) is 4.86. The summed E-state index contributed by atoms with van der Waals surface area (Å²) in [6.07, 6.45) is 3.42. The Kier molecular flexibility index (Phi) is 3.47. The van der Waals surface area contributed by atoms with Crippen LogP contribution in [0.4, 0.5) is 11.6 Å². The molecule has 1 saturated heterocycles. The van der Waals surface area contributed by atoms with Crippen molar-refractivity contribution in [3.05, 3.63) is 12.4 Å². The topological polar surface area (TPSA) is 61.3 Å². The van der Waals surface area contributed by atoms with Crippen molar-refractivity contribution >= 4 is 11.6 Å². The summed E-state index contributed by atoms with van der Waals surface area (Å²) < 4.78 is 0. The third-order valence-corrected chi connectivity index (χ3v) is 2.98. The third-order valence-electron chi connectivity index (χ3n) is 2.98. The predicted octanol–water partition coefficient (Wildman–Crippen LogP) is 1.26. The molecule has 1 atom stereocenters. The summed E-state index contributed by atoms with van der Waals surface area (Å²) in [6, 6.07) is 1.94. The summed E-state index contributed by atoms with van der Waals surface area (Å²) in [6.45, 7) is 6.37. The molecule has 1 fully saturated rings. The Labute approximate surface area is 102 Å². The summed E-state index contributed by atoms with van der Waals surface area (Å²) in [5.74, 6) is 1.74. The standard InChI is InChI=1S/C12H20N4O/c1-3-5-13-10-7-11(15-9-14-10)16-6-4-12(2,17)8-16/h7,9,17H,3-6,8H2,1-2H3,(H,13,14,15). The van der Waals surface area contributed by atoms with Crippen LogP contribution in [-0.2, 0) is 0 Å². The van der Waals surface area contributed by atoms with Crippen LogP contribution in [0, 0.1) is 0 Å². The van der Waals surface area contributed by atoms with Crippen LogP contribution in [0.15, 0.2) is 12.4 Å². The minimum atomic E-state index is -0.595. The number of anilines is 2. The lowest BCUT2D eigenvalue weighted by molar-refractivity contribution is 0.0839. The van der Waals surface area contributed by atoms with Gasteiger partial charge < -0.3 is 15.3 Å². The average molecular weight is 236 g/mol. The molecule has 1 aliphatic rings. The molecule has 1 aromatic heterocycles. The highest BCUT2D eigenvalue weighted by Gasteiger charge is 2.32. The maximum atomic E-state index is 9.94. The van der Waals surface area contributed by atoms with Gasteiger partial charge >= 0.3 is 0 Å². The second kappa shape index (κ2) is 4.87. The molecule has 1 aromatic rings. The van der Waals surface area contributed by atoms with Crippen LogP contribution in [0.1, 0.15) is 26.7 Å². The highest BCUT2D eigenvalue weighted by molar-refractivity contribution is 5.49. The monoisotopic (exact) mass is 236 g/mol. The number of aliphatic hydroxyl groups is 1. The maximum absolute atomic E-state index is 9.94. The van der Waals surface area contributed by atoms with Gasteiger partial charge in [-0.2, -0.15) is 0 Å². The Morgan fingerprint density at radius 1 is 1.53 bits per heavy atom. The number of aromatic nitrogens is 2. The van der Waals surface area contributed by atoms with Gasteiger partial charge in [-0.1, -0.05) is 6.92 Å². The lowest BCUT2D eigenvalue weighted by Crippen LogP contribution is -2.30. The van der Waals surface area contributed by atoms with Crippen molar-refractivity contribution in [3.63, 3.8) is 0 Å². The molecular weight excluding hydrogens is 216 g/mol. The highest BCUT2D eigenvalue weighted by atomic mass is 16.3. The fourth-order valence-corrected chi connectivity index (χ4v) is 2.01. The molecule has 2 heterocycles. The van der Waals surface area contributed by atoms with Gasteiger partial charge in [-0.3, -0.25) is 0 Å². The van der Waals surface area contributed by atoms with E-state index < -0.39 is 5.60 Å². The molecule has 0 aromatic carbocycles. The van der Waals surface area contributed by atoms with E-state index in [0.29, 0.717) is 6.54 Å². The number of β-amino-alcohol motifs (C(OH)–C–C–N with tert-alkyl or cyclic N) is 1. The van der Waals surface area contributed by atoms with Crippen molar-refractivity contribution in [2.24, 2.45) is 0 Å². The van der Waals surface area contributed by atoms with E-state index >= 15 is 0 Å². The van der Waals surface area contributed by atoms with E-state index in [2.05, 4.69) is 27.1 Å². The van der Waals surface area contributed by atoms with Crippen LogP contribution in [0.2, 0.25) is 0 Å². The van der Waals surface area contributed by atoms with E-state index in [1.165, 1.54) is 0 Å². The summed E-state index contributed by atoms with van der Waals surface area (Å²) in [5.41, 5.74) is -0.595. The zero-order valence-electron chi connectivity index (χ0n) is 10.5. The third kappa shape index (κ3) is 3.06. The van der Waals surface area contributed by atoms with E-state index in [9.17, 15) is 5.11 Å². The Bertz CT molecular complexity index is 381. The van der Waals surface area contributed by atoms with E-state index in [4.69, 9.17) is 0 Å². The van der Waals surface area contributed by atoms with Crippen molar-refractivity contribution in [1.29, 1.82) is 0 Å². The molecule has 94 valence electrons. The summed E-state index contributed by atoms with van der Waals surface area (Å²) >= 11 is 0. The largest absolute Gasteiger partial charge is 0.388 e. The Balaban J connectivity index is 2.06. The number of rotatable bonds is 4. The SMILES string of the molecule is CCCNc1cc(N2CCC(C)(O)C2)ncn1. The van der Waals surface area contributed by atoms with Crippen molar-refractivity contribution in [2.45, 2.75) is 32.3 Å². The molecule has 1 unspecified atom stereocenters. The normalized spacial score (nSPS) is 24.1. The predicted molar refractivity (Wildman–Crippen MR) is 68.3 cm³/mol. The van der Waals surface area contributed by atoms with Crippen LogP contribution >= 0.6 is 0 Å². The second-order valence-corrected chi connectivity index (χ2v) is 4.86. The molecule has 0 amide bonds. The smallest absolute Gasteiger partial charge is 0.134 e. The lowest BCUT2D eigenvalue weighted by Gasteiger charge is -2.20. The first-order valence-electron chi connectivity index (χ1n) is 6.14. The summed E-state index contributed by atoms with van der Waals surface area (Å²) in [4.78, 5) is 10.5. The molecule has 2 N–H and O–H groups in total. The first kappa shape index (κ1) is 12.1. The first-order chi connectivity index (χ1) is 8.11. The first-order valence-corrected chi connectivity index (χ1v) is 6.14. The molecular formula is C12H20N4O. The number of hydrogen-bond acceptors (Lipinski definition) is 5. The van der Waals surface area contributed by atoms with Gasteiger partial charge in [-0.15, -0.1) is 0 Å².